The lowest BCUT2D eigenvalue weighted by Crippen LogP contribution is -2.42. The molecular weight excluding hydrogens is 458 g/mol. The molecule has 3 rings (SSSR count). The number of hydrazine groups is 1. The number of rotatable bonds is 8. The van der Waals surface area contributed by atoms with Gasteiger partial charge in [0.15, 0.2) is 5.69 Å². The van der Waals surface area contributed by atoms with Gasteiger partial charge in [0.1, 0.15) is 0 Å². The van der Waals surface area contributed by atoms with Crippen LogP contribution in [0.15, 0.2) is 63.1 Å². The van der Waals surface area contributed by atoms with Crippen LogP contribution in [-0.4, -0.2) is 39.6 Å². The molecule has 1 aromatic heterocycles. The van der Waals surface area contributed by atoms with Gasteiger partial charge in [-0.1, -0.05) is 31.2 Å². The predicted molar refractivity (Wildman–Crippen MR) is 117 cm³/mol. The summed E-state index contributed by atoms with van der Waals surface area (Å²) in [4.78, 5) is 26.6. The molecular formula is C19H21N5O6S2. The average molecular weight is 480 g/mol. The van der Waals surface area contributed by atoms with Gasteiger partial charge >= 0.3 is 0 Å². The summed E-state index contributed by atoms with van der Waals surface area (Å²) in [6, 6.07) is 11.0. The van der Waals surface area contributed by atoms with E-state index in [2.05, 4.69) is 15.2 Å². The van der Waals surface area contributed by atoms with E-state index in [0.717, 1.165) is 10.7 Å². The number of aryl methyl sites for hydroxylation is 1. The lowest BCUT2D eigenvalue weighted by molar-refractivity contribution is 0.0939. The van der Waals surface area contributed by atoms with Crippen LogP contribution in [0.2, 0.25) is 0 Å². The van der Waals surface area contributed by atoms with Crippen LogP contribution in [-0.2, 0) is 26.6 Å². The van der Waals surface area contributed by atoms with Crippen molar-refractivity contribution >= 4 is 36.7 Å². The first-order chi connectivity index (χ1) is 15.1. The number of carbonyl (C=O) groups excluding carboxylic acids is 1. The van der Waals surface area contributed by atoms with E-state index in [9.17, 15) is 26.4 Å². The minimum absolute atomic E-state index is 0.136. The van der Waals surface area contributed by atoms with E-state index in [-0.39, 0.29) is 38.4 Å². The molecule has 0 aliphatic heterocycles. The number of sulfonamides is 2. The largest absolute Gasteiger partial charge is 0.287 e. The molecule has 2 aromatic carbocycles. The Morgan fingerprint density at radius 2 is 1.59 bits per heavy atom. The fourth-order valence-electron chi connectivity index (χ4n) is 2.92. The Morgan fingerprint density at radius 1 is 0.969 bits per heavy atom. The predicted octanol–water partition coefficient (Wildman–Crippen LogP) is 0.338. The molecule has 0 aliphatic carbocycles. The zero-order valence-corrected chi connectivity index (χ0v) is 18.8. The van der Waals surface area contributed by atoms with E-state index in [0.29, 0.717) is 6.42 Å². The van der Waals surface area contributed by atoms with Crippen molar-refractivity contribution in [1.29, 1.82) is 0 Å². The van der Waals surface area contributed by atoms with Gasteiger partial charge in [-0.15, -0.1) is 4.83 Å². The van der Waals surface area contributed by atoms with Crippen molar-refractivity contribution in [3.63, 3.8) is 0 Å². The minimum atomic E-state index is -4.31. The van der Waals surface area contributed by atoms with E-state index in [1.807, 2.05) is 11.8 Å². The van der Waals surface area contributed by atoms with Gasteiger partial charge < -0.3 is 0 Å². The maximum atomic E-state index is 12.8. The van der Waals surface area contributed by atoms with E-state index in [1.54, 1.807) is 18.2 Å². The topological polar surface area (TPSA) is 156 Å². The third kappa shape index (κ3) is 4.70. The van der Waals surface area contributed by atoms with Crippen LogP contribution < -0.4 is 20.5 Å². The fraction of sp³-hybridized carbons (Fsp3) is 0.211. The molecule has 1 heterocycles. The highest BCUT2D eigenvalue weighted by Crippen LogP contribution is 2.16. The van der Waals surface area contributed by atoms with Crippen molar-refractivity contribution in [1.82, 2.24) is 24.8 Å². The molecule has 0 saturated heterocycles. The summed E-state index contributed by atoms with van der Waals surface area (Å²) in [5.41, 5.74) is 1.58. The maximum absolute atomic E-state index is 12.8. The van der Waals surface area contributed by atoms with Crippen LogP contribution >= 0.6 is 0 Å². The molecule has 170 valence electrons. The van der Waals surface area contributed by atoms with Gasteiger partial charge in [-0.2, -0.15) is 5.10 Å². The van der Waals surface area contributed by atoms with Crippen LogP contribution in [0.25, 0.3) is 10.8 Å². The molecule has 0 spiro atoms. The summed E-state index contributed by atoms with van der Waals surface area (Å²) in [6.45, 7) is 2.13. The molecule has 1 amide bonds. The molecule has 11 nitrogen and oxygen atoms in total. The number of amides is 1. The summed E-state index contributed by atoms with van der Waals surface area (Å²) in [5.74, 6) is -0.881. The summed E-state index contributed by atoms with van der Waals surface area (Å²) >= 11 is 0. The molecule has 0 unspecified atom stereocenters. The maximum Gasteiger partial charge on any atom is 0.287 e. The van der Waals surface area contributed by atoms with E-state index >= 15 is 0 Å². The number of nitrogens with zero attached hydrogens (tertiary/aromatic N) is 2. The summed E-state index contributed by atoms with van der Waals surface area (Å²) in [5, 5.41) is 4.63. The molecule has 0 radical (unpaired) electrons. The highest BCUT2D eigenvalue weighted by atomic mass is 32.2. The Hall–Kier alpha value is -3.13. The van der Waals surface area contributed by atoms with Crippen molar-refractivity contribution < 1.29 is 21.6 Å². The lowest BCUT2D eigenvalue weighted by atomic mass is 10.1. The number of aromatic nitrogens is 2. The Balaban J connectivity index is 1.92. The minimum Gasteiger partial charge on any atom is -0.272 e. The Bertz CT molecular complexity index is 1450. The highest BCUT2D eigenvalue weighted by Gasteiger charge is 2.21. The van der Waals surface area contributed by atoms with Gasteiger partial charge in [-0.3, -0.25) is 15.0 Å². The first kappa shape index (κ1) is 23.5. The molecule has 0 atom stereocenters. The number of fused-ring (bicyclic) bond motifs is 1. The van der Waals surface area contributed by atoms with Crippen LogP contribution in [0.1, 0.15) is 23.8 Å². The Labute approximate surface area is 184 Å². The van der Waals surface area contributed by atoms with E-state index in [4.69, 9.17) is 0 Å². The second kappa shape index (κ2) is 9.16. The van der Waals surface area contributed by atoms with Crippen LogP contribution in [0.5, 0.6) is 0 Å². The first-order valence-corrected chi connectivity index (χ1v) is 12.4. The second-order valence-electron chi connectivity index (χ2n) is 6.66. The molecule has 3 aromatic rings. The van der Waals surface area contributed by atoms with Crippen molar-refractivity contribution in [2.75, 3.05) is 7.05 Å². The zero-order valence-electron chi connectivity index (χ0n) is 17.2. The third-order valence-corrected chi connectivity index (χ3v) is 7.17. The molecule has 32 heavy (non-hydrogen) atoms. The monoisotopic (exact) mass is 479 g/mol. The molecule has 13 heteroatoms. The molecule has 0 fully saturated rings. The van der Waals surface area contributed by atoms with Gasteiger partial charge in [-0.05, 0) is 37.7 Å². The molecule has 0 bridgehead atoms. The Morgan fingerprint density at radius 3 is 2.22 bits per heavy atom. The van der Waals surface area contributed by atoms with Gasteiger partial charge in [0.25, 0.3) is 21.5 Å². The van der Waals surface area contributed by atoms with Gasteiger partial charge in [0, 0.05) is 11.9 Å². The fourth-order valence-corrected chi connectivity index (χ4v) is 4.66. The smallest absolute Gasteiger partial charge is 0.272 e. The van der Waals surface area contributed by atoms with Crippen molar-refractivity contribution in [3.8, 4) is 0 Å². The summed E-state index contributed by atoms with van der Waals surface area (Å²) in [7, 11) is -6.97. The van der Waals surface area contributed by atoms with Gasteiger partial charge in [0.05, 0.1) is 15.2 Å². The highest BCUT2D eigenvalue weighted by molar-refractivity contribution is 7.90. The van der Waals surface area contributed by atoms with Crippen LogP contribution in [0, 0.1) is 0 Å². The van der Waals surface area contributed by atoms with E-state index < -0.39 is 26.0 Å². The number of hydrogen-bond acceptors (Lipinski definition) is 7. The second-order valence-corrected chi connectivity index (χ2v) is 10.2. The third-order valence-electron chi connectivity index (χ3n) is 4.51. The number of nitrogens with one attached hydrogen (secondary N) is 3. The number of benzene rings is 2. The molecule has 3 N–H and O–H groups in total. The Kier molecular flexibility index (Phi) is 6.74. The SMILES string of the molecule is CCCn1nc(C(=O)NNS(=O)(=O)c2cccc(S(=O)(=O)NC)c2)c2ccccc2c1=O. The number of carbonyl (C=O) groups is 1. The average Bonchev–Trinajstić information content (AvgIpc) is 2.79. The van der Waals surface area contributed by atoms with Crippen molar-refractivity contribution in [2.45, 2.75) is 29.7 Å². The summed E-state index contributed by atoms with van der Waals surface area (Å²) in [6.07, 6.45) is 0.602. The van der Waals surface area contributed by atoms with Crippen molar-refractivity contribution in [3.05, 3.63) is 64.6 Å². The number of hydrogen-bond donors (Lipinski definition) is 3. The standard InChI is InChI=1S/C19H21N5O6S2/c1-3-11-24-19(26)16-10-5-4-9-15(16)17(22-24)18(25)21-23-32(29,30)14-8-6-7-13(12-14)31(27,28)20-2/h4-10,12,20,23H,3,11H2,1-2H3,(H,21,25). The quantitative estimate of drug-likeness (QED) is 0.393. The first-order valence-electron chi connectivity index (χ1n) is 9.46. The van der Waals surface area contributed by atoms with Gasteiger partial charge in [0.2, 0.25) is 10.0 Å². The molecule has 0 aliphatic rings. The zero-order chi connectivity index (χ0) is 23.5. The molecule has 0 saturated carbocycles. The van der Waals surface area contributed by atoms with Crippen molar-refractivity contribution in [2.24, 2.45) is 0 Å². The van der Waals surface area contributed by atoms with Gasteiger partial charge in [-0.25, -0.2) is 26.2 Å². The van der Waals surface area contributed by atoms with E-state index in [1.165, 1.54) is 31.3 Å². The lowest BCUT2D eigenvalue weighted by Gasteiger charge is -2.12. The van der Waals surface area contributed by atoms with Crippen LogP contribution in [0.4, 0.5) is 0 Å². The normalized spacial score (nSPS) is 12.1. The van der Waals surface area contributed by atoms with Crippen LogP contribution in [0.3, 0.4) is 0 Å². The summed E-state index contributed by atoms with van der Waals surface area (Å²) < 4.78 is 52.3.